The van der Waals surface area contributed by atoms with Crippen LogP contribution < -0.4 is 15.2 Å². The summed E-state index contributed by atoms with van der Waals surface area (Å²) in [5.74, 6) is 2.35. The van der Waals surface area contributed by atoms with Gasteiger partial charge in [0, 0.05) is 13.1 Å². The van der Waals surface area contributed by atoms with Gasteiger partial charge in [-0.25, -0.2) is 0 Å². The minimum atomic E-state index is 0.758. The Morgan fingerprint density at radius 2 is 2.05 bits per heavy atom. The van der Waals surface area contributed by atoms with Crippen molar-refractivity contribution in [3.8, 4) is 11.5 Å². The van der Waals surface area contributed by atoms with E-state index < -0.39 is 0 Å². The van der Waals surface area contributed by atoms with Gasteiger partial charge in [-0.3, -0.25) is 4.90 Å². The van der Waals surface area contributed by atoms with Crippen molar-refractivity contribution >= 4 is 0 Å². The number of ether oxygens (including phenoxy) is 2. The third-order valence-corrected chi connectivity index (χ3v) is 4.03. The van der Waals surface area contributed by atoms with Crippen LogP contribution in [0.3, 0.4) is 0 Å². The van der Waals surface area contributed by atoms with Crippen LogP contribution in [0.1, 0.15) is 24.8 Å². The third-order valence-electron chi connectivity index (χ3n) is 4.03. The van der Waals surface area contributed by atoms with Gasteiger partial charge in [-0.05, 0) is 56.0 Å². The zero-order valence-electron chi connectivity index (χ0n) is 12.6. The van der Waals surface area contributed by atoms with E-state index in [2.05, 4.69) is 17.0 Å². The highest BCUT2D eigenvalue weighted by Crippen LogP contribution is 2.29. The van der Waals surface area contributed by atoms with E-state index in [1.807, 2.05) is 6.07 Å². The quantitative estimate of drug-likeness (QED) is 0.867. The number of nitrogens with two attached hydrogens (primary N) is 1. The fourth-order valence-corrected chi connectivity index (χ4v) is 3.00. The first kappa shape index (κ1) is 15.1. The minimum absolute atomic E-state index is 0.758. The lowest BCUT2D eigenvalue weighted by molar-refractivity contribution is 0.163. The van der Waals surface area contributed by atoms with Crippen molar-refractivity contribution in [2.45, 2.75) is 25.8 Å². The highest BCUT2D eigenvalue weighted by atomic mass is 16.5. The molecular formula is C16H26N2O2. The van der Waals surface area contributed by atoms with E-state index in [0.717, 1.165) is 43.5 Å². The van der Waals surface area contributed by atoms with Crippen molar-refractivity contribution in [3.05, 3.63) is 23.8 Å². The van der Waals surface area contributed by atoms with Gasteiger partial charge in [-0.2, -0.15) is 0 Å². The smallest absolute Gasteiger partial charge is 0.161 e. The number of hydrogen-bond donors (Lipinski definition) is 1. The summed E-state index contributed by atoms with van der Waals surface area (Å²) in [6.45, 7) is 4.11. The van der Waals surface area contributed by atoms with Crippen molar-refractivity contribution in [2.24, 2.45) is 11.7 Å². The summed E-state index contributed by atoms with van der Waals surface area (Å²) in [7, 11) is 3.35. The summed E-state index contributed by atoms with van der Waals surface area (Å²) >= 11 is 0. The molecule has 0 aromatic heterocycles. The van der Waals surface area contributed by atoms with Gasteiger partial charge in [0.2, 0.25) is 0 Å². The van der Waals surface area contributed by atoms with Crippen LogP contribution >= 0.6 is 0 Å². The number of likely N-dealkylation sites (tertiary alicyclic amines) is 1. The molecule has 1 aromatic carbocycles. The largest absolute Gasteiger partial charge is 0.493 e. The summed E-state index contributed by atoms with van der Waals surface area (Å²) < 4.78 is 10.6. The van der Waals surface area contributed by atoms with Gasteiger partial charge in [-0.15, -0.1) is 0 Å². The summed E-state index contributed by atoms with van der Waals surface area (Å²) in [6, 6.07) is 6.18. The maximum Gasteiger partial charge on any atom is 0.161 e. The molecule has 2 rings (SSSR count). The summed E-state index contributed by atoms with van der Waals surface area (Å²) in [4.78, 5) is 2.52. The number of nitrogens with zero attached hydrogens (tertiary/aromatic N) is 1. The molecule has 112 valence electrons. The van der Waals surface area contributed by atoms with Crippen LogP contribution in [0.5, 0.6) is 11.5 Å². The molecule has 1 saturated heterocycles. The second kappa shape index (κ2) is 7.50. The van der Waals surface area contributed by atoms with Gasteiger partial charge in [0.15, 0.2) is 11.5 Å². The average Bonchev–Trinajstić information content (AvgIpc) is 2.48. The first-order valence-electron chi connectivity index (χ1n) is 7.40. The lowest BCUT2D eigenvalue weighted by Crippen LogP contribution is -2.35. The van der Waals surface area contributed by atoms with Crippen molar-refractivity contribution in [1.82, 2.24) is 4.90 Å². The minimum Gasteiger partial charge on any atom is -0.493 e. The Morgan fingerprint density at radius 1 is 1.25 bits per heavy atom. The van der Waals surface area contributed by atoms with Gasteiger partial charge in [0.25, 0.3) is 0 Å². The molecule has 1 aliphatic rings. The number of rotatable bonds is 6. The molecular weight excluding hydrogens is 252 g/mol. The molecule has 1 fully saturated rings. The Kier molecular flexibility index (Phi) is 5.68. The third kappa shape index (κ3) is 3.87. The van der Waals surface area contributed by atoms with Crippen molar-refractivity contribution < 1.29 is 9.47 Å². The Balaban J connectivity index is 1.98. The fraction of sp³-hybridized carbons (Fsp3) is 0.625. The number of methoxy groups -OCH3 is 2. The second-order valence-electron chi connectivity index (χ2n) is 5.51. The molecule has 1 atom stereocenters. The van der Waals surface area contributed by atoms with E-state index in [9.17, 15) is 0 Å². The van der Waals surface area contributed by atoms with E-state index in [1.54, 1.807) is 14.2 Å². The highest BCUT2D eigenvalue weighted by molar-refractivity contribution is 5.42. The predicted octanol–water partition coefficient (Wildman–Crippen LogP) is 2.26. The fourth-order valence-electron chi connectivity index (χ4n) is 3.00. The number of hydrogen-bond acceptors (Lipinski definition) is 4. The molecule has 0 radical (unpaired) electrons. The lowest BCUT2D eigenvalue weighted by atomic mass is 9.94. The molecule has 0 aliphatic carbocycles. The molecule has 4 heteroatoms. The summed E-state index contributed by atoms with van der Waals surface area (Å²) in [5, 5.41) is 0. The van der Waals surface area contributed by atoms with Gasteiger partial charge < -0.3 is 15.2 Å². The van der Waals surface area contributed by atoms with Crippen LogP contribution in [0.15, 0.2) is 18.2 Å². The maximum atomic E-state index is 5.68. The van der Waals surface area contributed by atoms with Crippen molar-refractivity contribution in [1.29, 1.82) is 0 Å². The molecule has 0 bridgehead atoms. The Morgan fingerprint density at radius 3 is 2.75 bits per heavy atom. The molecule has 0 amide bonds. The zero-order valence-corrected chi connectivity index (χ0v) is 12.6. The van der Waals surface area contributed by atoms with Crippen LogP contribution in [-0.2, 0) is 6.54 Å². The van der Waals surface area contributed by atoms with Crippen LogP contribution in [0.4, 0.5) is 0 Å². The SMILES string of the molecule is COc1ccc(CN2CCCC(CCN)C2)cc1OC. The summed E-state index contributed by atoms with van der Waals surface area (Å²) in [6.07, 6.45) is 3.74. The maximum absolute atomic E-state index is 5.68. The average molecular weight is 278 g/mol. The van der Waals surface area contributed by atoms with Crippen LogP contribution in [0.2, 0.25) is 0 Å². The standard InChI is InChI=1S/C16H26N2O2/c1-19-15-6-5-14(10-16(15)20-2)12-18-9-3-4-13(11-18)7-8-17/h5-6,10,13H,3-4,7-9,11-12,17H2,1-2H3. The number of piperidine rings is 1. The van der Waals surface area contributed by atoms with E-state index >= 15 is 0 Å². The predicted molar refractivity (Wildman–Crippen MR) is 81.2 cm³/mol. The molecule has 2 N–H and O–H groups in total. The van der Waals surface area contributed by atoms with Crippen LogP contribution in [0, 0.1) is 5.92 Å². The van der Waals surface area contributed by atoms with Crippen molar-refractivity contribution in [2.75, 3.05) is 33.9 Å². The monoisotopic (exact) mass is 278 g/mol. The first-order chi connectivity index (χ1) is 9.76. The first-order valence-corrected chi connectivity index (χ1v) is 7.40. The highest BCUT2D eigenvalue weighted by Gasteiger charge is 2.19. The normalized spacial score (nSPS) is 19.9. The Bertz CT molecular complexity index is 421. The Labute approximate surface area is 121 Å². The van der Waals surface area contributed by atoms with Crippen LogP contribution in [0.25, 0.3) is 0 Å². The molecule has 1 unspecified atom stereocenters. The molecule has 1 heterocycles. The van der Waals surface area contributed by atoms with E-state index in [1.165, 1.54) is 24.9 Å². The van der Waals surface area contributed by atoms with Crippen molar-refractivity contribution in [3.63, 3.8) is 0 Å². The molecule has 20 heavy (non-hydrogen) atoms. The van der Waals surface area contributed by atoms with E-state index in [-0.39, 0.29) is 0 Å². The van der Waals surface area contributed by atoms with Crippen LogP contribution in [-0.4, -0.2) is 38.8 Å². The van der Waals surface area contributed by atoms with Gasteiger partial charge in [0.1, 0.15) is 0 Å². The molecule has 4 nitrogen and oxygen atoms in total. The molecule has 0 saturated carbocycles. The van der Waals surface area contributed by atoms with E-state index in [0.29, 0.717) is 0 Å². The molecule has 1 aliphatic heterocycles. The van der Waals surface area contributed by atoms with E-state index in [4.69, 9.17) is 15.2 Å². The van der Waals surface area contributed by atoms with Gasteiger partial charge >= 0.3 is 0 Å². The number of benzene rings is 1. The molecule has 1 aromatic rings. The zero-order chi connectivity index (χ0) is 14.4. The summed E-state index contributed by atoms with van der Waals surface area (Å²) in [5.41, 5.74) is 6.95. The van der Waals surface area contributed by atoms with Gasteiger partial charge in [0.05, 0.1) is 14.2 Å². The lowest BCUT2D eigenvalue weighted by Gasteiger charge is -2.32. The Hall–Kier alpha value is -1.26. The topological polar surface area (TPSA) is 47.7 Å². The molecule has 0 spiro atoms. The second-order valence-corrected chi connectivity index (χ2v) is 5.51. The van der Waals surface area contributed by atoms with Gasteiger partial charge in [-0.1, -0.05) is 6.07 Å².